The SMILES string of the molecule is C=CCC(NOC(=O)c1ccc(OC)cc1)c1ccccc1Br. The number of hydrogen-bond donors (Lipinski definition) is 1. The van der Waals surface area contributed by atoms with Gasteiger partial charge in [-0.25, -0.2) is 4.79 Å². The zero-order valence-corrected chi connectivity index (χ0v) is 14.4. The maximum absolute atomic E-state index is 12.1. The Bertz CT molecular complexity index is 670. The summed E-state index contributed by atoms with van der Waals surface area (Å²) < 4.78 is 6.01. The zero-order valence-electron chi connectivity index (χ0n) is 12.8. The molecule has 0 bridgehead atoms. The van der Waals surface area contributed by atoms with Crippen LogP contribution in [-0.4, -0.2) is 13.1 Å². The lowest BCUT2D eigenvalue weighted by atomic mass is 10.1. The van der Waals surface area contributed by atoms with Crippen LogP contribution in [0.5, 0.6) is 5.75 Å². The third-order valence-corrected chi connectivity index (χ3v) is 4.02. The van der Waals surface area contributed by atoms with Gasteiger partial charge < -0.3 is 9.57 Å². The molecule has 120 valence electrons. The lowest BCUT2D eigenvalue weighted by Crippen LogP contribution is -2.25. The molecular formula is C18H18BrNO3. The van der Waals surface area contributed by atoms with Crippen molar-refractivity contribution < 1.29 is 14.4 Å². The Kier molecular flexibility index (Phi) is 6.38. The van der Waals surface area contributed by atoms with Crippen LogP contribution in [0.25, 0.3) is 0 Å². The fourth-order valence-electron chi connectivity index (χ4n) is 2.07. The van der Waals surface area contributed by atoms with Crippen molar-refractivity contribution in [3.8, 4) is 5.75 Å². The maximum Gasteiger partial charge on any atom is 0.356 e. The number of carbonyl (C=O) groups excluding carboxylic acids is 1. The van der Waals surface area contributed by atoms with Crippen molar-refractivity contribution in [2.24, 2.45) is 0 Å². The number of benzene rings is 2. The summed E-state index contributed by atoms with van der Waals surface area (Å²) in [5.74, 6) is 0.237. The highest BCUT2D eigenvalue weighted by molar-refractivity contribution is 9.10. The summed E-state index contributed by atoms with van der Waals surface area (Å²) in [5, 5.41) is 0. The van der Waals surface area contributed by atoms with Gasteiger partial charge in [0.25, 0.3) is 0 Å². The topological polar surface area (TPSA) is 47.6 Å². The molecule has 0 heterocycles. The molecule has 23 heavy (non-hydrogen) atoms. The first-order valence-electron chi connectivity index (χ1n) is 7.11. The lowest BCUT2D eigenvalue weighted by molar-refractivity contribution is 0.0153. The highest BCUT2D eigenvalue weighted by Crippen LogP contribution is 2.25. The van der Waals surface area contributed by atoms with Crippen molar-refractivity contribution in [2.75, 3.05) is 7.11 Å². The van der Waals surface area contributed by atoms with E-state index in [4.69, 9.17) is 9.57 Å². The molecule has 0 fully saturated rings. The largest absolute Gasteiger partial charge is 0.497 e. The summed E-state index contributed by atoms with van der Waals surface area (Å²) in [4.78, 5) is 17.3. The van der Waals surface area contributed by atoms with Crippen molar-refractivity contribution in [2.45, 2.75) is 12.5 Å². The Balaban J connectivity index is 2.04. The summed E-state index contributed by atoms with van der Waals surface area (Å²) in [6.45, 7) is 3.75. The third kappa shape index (κ3) is 4.68. The second-order valence-corrected chi connectivity index (χ2v) is 5.69. The fourth-order valence-corrected chi connectivity index (χ4v) is 2.63. The number of hydrogen-bond acceptors (Lipinski definition) is 4. The van der Waals surface area contributed by atoms with Crippen LogP contribution in [0, 0.1) is 0 Å². The van der Waals surface area contributed by atoms with E-state index in [9.17, 15) is 4.79 Å². The van der Waals surface area contributed by atoms with Crippen LogP contribution >= 0.6 is 15.9 Å². The normalized spacial score (nSPS) is 11.6. The minimum Gasteiger partial charge on any atom is -0.497 e. The molecule has 0 radical (unpaired) electrons. The van der Waals surface area contributed by atoms with Crippen LogP contribution in [0.1, 0.15) is 28.4 Å². The van der Waals surface area contributed by atoms with Crippen molar-refractivity contribution in [1.82, 2.24) is 5.48 Å². The number of methoxy groups -OCH3 is 1. The quantitative estimate of drug-likeness (QED) is 0.574. The zero-order chi connectivity index (χ0) is 16.7. The van der Waals surface area contributed by atoms with E-state index in [0.29, 0.717) is 17.7 Å². The molecule has 0 saturated heterocycles. The summed E-state index contributed by atoms with van der Waals surface area (Å²) >= 11 is 3.51. The summed E-state index contributed by atoms with van der Waals surface area (Å²) in [7, 11) is 1.58. The second kappa shape index (κ2) is 8.50. The molecule has 0 aliphatic heterocycles. The summed E-state index contributed by atoms with van der Waals surface area (Å²) in [6.07, 6.45) is 2.40. The van der Waals surface area contributed by atoms with E-state index < -0.39 is 5.97 Å². The molecule has 0 amide bonds. The second-order valence-electron chi connectivity index (χ2n) is 4.83. The van der Waals surface area contributed by atoms with Crippen LogP contribution in [-0.2, 0) is 4.84 Å². The van der Waals surface area contributed by atoms with E-state index in [0.717, 1.165) is 10.0 Å². The van der Waals surface area contributed by atoms with Gasteiger partial charge in [-0.1, -0.05) is 40.2 Å². The fraction of sp³-hybridized carbons (Fsp3) is 0.167. The molecule has 1 unspecified atom stereocenters. The molecule has 0 aliphatic rings. The molecule has 2 aromatic rings. The van der Waals surface area contributed by atoms with Crippen molar-refractivity contribution >= 4 is 21.9 Å². The number of carbonyl (C=O) groups is 1. The van der Waals surface area contributed by atoms with Gasteiger partial charge in [-0.05, 0) is 42.3 Å². The minimum absolute atomic E-state index is 0.176. The van der Waals surface area contributed by atoms with Gasteiger partial charge in [-0.3, -0.25) is 0 Å². The third-order valence-electron chi connectivity index (χ3n) is 3.30. The molecule has 0 saturated carbocycles. The number of ether oxygens (including phenoxy) is 1. The minimum atomic E-state index is -0.450. The molecule has 0 aliphatic carbocycles. The van der Waals surface area contributed by atoms with E-state index in [1.54, 1.807) is 37.5 Å². The smallest absolute Gasteiger partial charge is 0.356 e. The first kappa shape index (κ1) is 17.2. The Morgan fingerprint density at radius 3 is 2.57 bits per heavy atom. The Hall–Kier alpha value is -2.11. The van der Waals surface area contributed by atoms with Gasteiger partial charge in [0.1, 0.15) is 5.75 Å². The number of hydroxylamine groups is 1. The predicted molar refractivity (Wildman–Crippen MR) is 93.2 cm³/mol. The van der Waals surface area contributed by atoms with E-state index in [-0.39, 0.29) is 6.04 Å². The van der Waals surface area contributed by atoms with Crippen LogP contribution in [0.3, 0.4) is 0 Å². The first-order chi connectivity index (χ1) is 11.2. The molecule has 0 aromatic heterocycles. The molecule has 1 N–H and O–H groups in total. The number of nitrogens with one attached hydrogen (secondary N) is 1. The van der Waals surface area contributed by atoms with Crippen LogP contribution < -0.4 is 10.2 Å². The van der Waals surface area contributed by atoms with Crippen molar-refractivity contribution in [3.63, 3.8) is 0 Å². The highest BCUT2D eigenvalue weighted by atomic mass is 79.9. The number of rotatable bonds is 7. The van der Waals surface area contributed by atoms with Gasteiger partial charge in [0.05, 0.1) is 18.7 Å². The monoisotopic (exact) mass is 375 g/mol. The van der Waals surface area contributed by atoms with Gasteiger partial charge in [-0.15, -0.1) is 12.1 Å². The molecule has 1 atom stereocenters. The lowest BCUT2D eigenvalue weighted by Gasteiger charge is -2.18. The number of halogens is 1. The van der Waals surface area contributed by atoms with E-state index in [1.165, 1.54) is 0 Å². The van der Waals surface area contributed by atoms with Gasteiger partial charge in [0, 0.05) is 4.47 Å². The van der Waals surface area contributed by atoms with E-state index in [1.807, 2.05) is 24.3 Å². The molecule has 0 spiro atoms. The van der Waals surface area contributed by atoms with Gasteiger partial charge in [0.2, 0.25) is 0 Å². The molecule has 4 nitrogen and oxygen atoms in total. The van der Waals surface area contributed by atoms with Gasteiger partial charge in [0.15, 0.2) is 0 Å². The van der Waals surface area contributed by atoms with Crippen LogP contribution in [0.15, 0.2) is 65.7 Å². The molecule has 2 rings (SSSR count). The average Bonchev–Trinajstić information content (AvgIpc) is 2.59. The van der Waals surface area contributed by atoms with E-state index >= 15 is 0 Å². The van der Waals surface area contributed by atoms with Crippen molar-refractivity contribution in [1.29, 1.82) is 0 Å². The summed E-state index contributed by atoms with van der Waals surface area (Å²) in [6, 6.07) is 14.3. The first-order valence-corrected chi connectivity index (χ1v) is 7.91. The molecule has 2 aromatic carbocycles. The average molecular weight is 376 g/mol. The Labute approximate surface area is 144 Å². The van der Waals surface area contributed by atoms with E-state index in [2.05, 4.69) is 28.0 Å². The van der Waals surface area contributed by atoms with Crippen molar-refractivity contribution in [3.05, 3.63) is 76.8 Å². The van der Waals surface area contributed by atoms with Gasteiger partial charge >= 0.3 is 5.97 Å². The van der Waals surface area contributed by atoms with Gasteiger partial charge in [-0.2, -0.15) is 0 Å². The van der Waals surface area contributed by atoms with Crippen LogP contribution in [0.4, 0.5) is 0 Å². The van der Waals surface area contributed by atoms with Crippen LogP contribution in [0.2, 0.25) is 0 Å². The Morgan fingerprint density at radius 1 is 1.26 bits per heavy atom. The maximum atomic E-state index is 12.1. The molecule has 5 heteroatoms. The molecular weight excluding hydrogens is 358 g/mol. The standard InChI is InChI=1S/C18H18BrNO3/c1-3-6-17(15-7-4-5-8-16(15)19)20-23-18(21)13-9-11-14(22-2)12-10-13/h3-5,7-12,17,20H,1,6H2,2H3. The predicted octanol–water partition coefficient (Wildman–Crippen LogP) is 4.44. The highest BCUT2D eigenvalue weighted by Gasteiger charge is 2.16. The Morgan fingerprint density at radius 2 is 1.96 bits per heavy atom. The summed E-state index contributed by atoms with van der Waals surface area (Å²) in [5.41, 5.74) is 4.26.